The lowest BCUT2D eigenvalue weighted by atomic mass is 10.1. The minimum Gasteiger partial charge on any atom is -0.440 e. The zero-order valence-corrected chi connectivity index (χ0v) is 13.0. The van der Waals surface area contributed by atoms with E-state index < -0.39 is 0 Å². The van der Waals surface area contributed by atoms with Gasteiger partial charge in [-0.2, -0.15) is 0 Å². The third-order valence-corrected chi connectivity index (χ3v) is 3.68. The van der Waals surface area contributed by atoms with Crippen LogP contribution in [0, 0.1) is 6.92 Å². The minimum atomic E-state index is -0.358. The molecule has 0 saturated heterocycles. The van der Waals surface area contributed by atoms with E-state index in [0.717, 1.165) is 29.9 Å². The van der Waals surface area contributed by atoms with E-state index in [9.17, 15) is 5.11 Å². The van der Waals surface area contributed by atoms with Crippen molar-refractivity contribution in [3.63, 3.8) is 0 Å². The van der Waals surface area contributed by atoms with Gasteiger partial charge >= 0.3 is 0 Å². The summed E-state index contributed by atoms with van der Waals surface area (Å²) in [6.45, 7) is 4.14. The third-order valence-electron chi connectivity index (χ3n) is 3.68. The smallest absolute Gasteiger partial charge is 0.197 e. The Balaban J connectivity index is 1.93. The molecule has 0 amide bonds. The number of rotatable bonds is 8. The zero-order chi connectivity index (χ0) is 15.1. The van der Waals surface area contributed by atoms with Crippen LogP contribution in [0.1, 0.15) is 50.6 Å². The molecular weight excluding hydrogens is 262 g/mol. The first-order valence-electron chi connectivity index (χ1n) is 7.90. The molecule has 0 aliphatic rings. The van der Waals surface area contributed by atoms with Crippen molar-refractivity contribution in [3.05, 3.63) is 41.9 Å². The number of aliphatic hydroxyl groups excluding tert-OH is 1. The number of nitrogens with zero attached hydrogens (tertiary/aromatic N) is 1. The zero-order valence-electron chi connectivity index (χ0n) is 13.0. The molecule has 2 aromatic rings. The highest BCUT2D eigenvalue weighted by Gasteiger charge is 2.14. The van der Waals surface area contributed by atoms with Crippen molar-refractivity contribution in [2.45, 2.75) is 58.5 Å². The Hall–Kier alpha value is -1.61. The molecule has 114 valence electrons. The van der Waals surface area contributed by atoms with Gasteiger partial charge in [0.2, 0.25) is 0 Å². The van der Waals surface area contributed by atoms with Gasteiger partial charge in [-0.1, -0.05) is 62.9 Å². The van der Waals surface area contributed by atoms with E-state index in [1.807, 2.05) is 37.3 Å². The van der Waals surface area contributed by atoms with Crippen LogP contribution in [0.4, 0.5) is 0 Å². The van der Waals surface area contributed by atoms with Crippen LogP contribution in [-0.2, 0) is 6.42 Å². The fourth-order valence-corrected chi connectivity index (χ4v) is 2.51. The number of aryl methyl sites for hydroxylation is 1. The predicted octanol–water partition coefficient (Wildman–Crippen LogP) is 4.52. The summed E-state index contributed by atoms with van der Waals surface area (Å²) < 4.78 is 5.83. The molecule has 1 unspecified atom stereocenters. The van der Waals surface area contributed by atoms with Crippen molar-refractivity contribution in [1.29, 1.82) is 0 Å². The van der Waals surface area contributed by atoms with Gasteiger partial charge in [-0.15, -0.1) is 0 Å². The predicted molar refractivity (Wildman–Crippen MR) is 85.1 cm³/mol. The number of unbranched alkanes of at least 4 members (excludes halogenated alkanes) is 3. The molecule has 1 aromatic carbocycles. The van der Waals surface area contributed by atoms with Crippen molar-refractivity contribution in [1.82, 2.24) is 4.98 Å². The maximum atomic E-state index is 10.1. The fourth-order valence-electron chi connectivity index (χ4n) is 2.51. The standard InChI is InChI=1S/C18H25NO2/c1-3-4-5-9-12-16(20)13-17-19-14(2)18(21-17)15-10-7-6-8-11-15/h6-8,10-11,16,20H,3-5,9,12-13H2,1-2H3. The molecule has 0 saturated carbocycles. The number of hydrogen-bond donors (Lipinski definition) is 1. The second-order valence-electron chi connectivity index (χ2n) is 5.60. The normalized spacial score (nSPS) is 12.5. The molecule has 1 heterocycles. The van der Waals surface area contributed by atoms with Crippen molar-refractivity contribution in [2.24, 2.45) is 0 Å². The van der Waals surface area contributed by atoms with Gasteiger partial charge in [0.05, 0.1) is 18.2 Å². The molecule has 0 fully saturated rings. The fraction of sp³-hybridized carbons (Fsp3) is 0.500. The van der Waals surface area contributed by atoms with Crippen LogP contribution < -0.4 is 0 Å². The van der Waals surface area contributed by atoms with Crippen LogP contribution in [0.15, 0.2) is 34.7 Å². The van der Waals surface area contributed by atoms with E-state index in [0.29, 0.717) is 12.3 Å². The molecule has 0 radical (unpaired) electrons. The largest absolute Gasteiger partial charge is 0.440 e. The minimum absolute atomic E-state index is 0.358. The Morgan fingerprint density at radius 1 is 1.14 bits per heavy atom. The van der Waals surface area contributed by atoms with Gasteiger partial charge in [0.1, 0.15) is 0 Å². The van der Waals surface area contributed by atoms with E-state index in [1.165, 1.54) is 19.3 Å². The molecule has 0 bridgehead atoms. The number of oxazole rings is 1. The van der Waals surface area contributed by atoms with Crippen molar-refractivity contribution in [3.8, 4) is 11.3 Å². The first-order valence-corrected chi connectivity index (χ1v) is 7.90. The lowest BCUT2D eigenvalue weighted by Crippen LogP contribution is -2.10. The van der Waals surface area contributed by atoms with Crippen LogP contribution in [-0.4, -0.2) is 16.2 Å². The van der Waals surface area contributed by atoms with E-state index in [1.54, 1.807) is 0 Å². The highest BCUT2D eigenvalue weighted by atomic mass is 16.4. The lowest BCUT2D eigenvalue weighted by Gasteiger charge is -2.07. The van der Waals surface area contributed by atoms with Crippen molar-refractivity contribution < 1.29 is 9.52 Å². The summed E-state index contributed by atoms with van der Waals surface area (Å²) in [6.07, 6.45) is 5.68. The summed E-state index contributed by atoms with van der Waals surface area (Å²) in [4.78, 5) is 4.44. The molecule has 1 aromatic heterocycles. The molecule has 3 nitrogen and oxygen atoms in total. The molecule has 1 N–H and O–H groups in total. The topological polar surface area (TPSA) is 46.3 Å². The molecule has 0 aliphatic heterocycles. The van der Waals surface area contributed by atoms with Gasteiger partial charge in [0, 0.05) is 5.56 Å². The van der Waals surface area contributed by atoms with E-state index in [-0.39, 0.29) is 6.10 Å². The first kappa shape index (κ1) is 15.8. The number of hydrogen-bond acceptors (Lipinski definition) is 3. The molecule has 21 heavy (non-hydrogen) atoms. The number of aliphatic hydroxyl groups is 1. The number of aromatic nitrogens is 1. The van der Waals surface area contributed by atoms with Crippen LogP contribution in [0.2, 0.25) is 0 Å². The maximum Gasteiger partial charge on any atom is 0.197 e. The Morgan fingerprint density at radius 2 is 1.90 bits per heavy atom. The van der Waals surface area contributed by atoms with Gasteiger partial charge in [-0.25, -0.2) is 4.98 Å². The summed E-state index contributed by atoms with van der Waals surface area (Å²) >= 11 is 0. The van der Waals surface area contributed by atoms with Crippen LogP contribution in [0.25, 0.3) is 11.3 Å². The Labute approximate surface area is 127 Å². The highest BCUT2D eigenvalue weighted by Crippen LogP contribution is 2.25. The second-order valence-corrected chi connectivity index (χ2v) is 5.60. The molecule has 3 heteroatoms. The quantitative estimate of drug-likeness (QED) is 0.726. The summed E-state index contributed by atoms with van der Waals surface area (Å²) in [7, 11) is 0. The Morgan fingerprint density at radius 3 is 2.62 bits per heavy atom. The Bertz CT molecular complexity index is 533. The highest BCUT2D eigenvalue weighted by molar-refractivity contribution is 5.59. The second kappa shape index (κ2) is 7.99. The molecule has 2 rings (SSSR count). The summed E-state index contributed by atoms with van der Waals surface area (Å²) in [6, 6.07) is 9.98. The van der Waals surface area contributed by atoms with E-state index in [4.69, 9.17) is 4.42 Å². The van der Waals surface area contributed by atoms with Gasteiger partial charge < -0.3 is 9.52 Å². The molecular formula is C18H25NO2. The van der Waals surface area contributed by atoms with Gasteiger partial charge in [-0.05, 0) is 13.3 Å². The van der Waals surface area contributed by atoms with Crippen molar-refractivity contribution in [2.75, 3.05) is 0 Å². The maximum absolute atomic E-state index is 10.1. The number of benzene rings is 1. The Kier molecular flexibility index (Phi) is 6.00. The van der Waals surface area contributed by atoms with Gasteiger partial charge in [-0.3, -0.25) is 0 Å². The van der Waals surface area contributed by atoms with Gasteiger partial charge in [0.15, 0.2) is 11.7 Å². The monoisotopic (exact) mass is 287 g/mol. The summed E-state index contributed by atoms with van der Waals surface area (Å²) in [5, 5.41) is 10.1. The molecule has 1 atom stereocenters. The van der Waals surface area contributed by atoms with Crippen LogP contribution >= 0.6 is 0 Å². The summed E-state index contributed by atoms with van der Waals surface area (Å²) in [5.74, 6) is 1.44. The van der Waals surface area contributed by atoms with E-state index in [2.05, 4.69) is 11.9 Å². The first-order chi connectivity index (χ1) is 10.2. The third kappa shape index (κ3) is 4.71. The van der Waals surface area contributed by atoms with Gasteiger partial charge in [0.25, 0.3) is 0 Å². The van der Waals surface area contributed by atoms with Crippen molar-refractivity contribution >= 4 is 0 Å². The summed E-state index contributed by atoms with van der Waals surface area (Å²) in [5.41, 5.74) is 1.92. The average Bonchev–Trinajstić information content (AvgIpc) is 2.85. The van der Waals surface area contributed by atoms with Crippen LogP contribution in [0.3, 0.4) is 0 Å². The van der Waals surface area contributed by atoms with Crippen LogP contribution in [0.5, 0.6) is 0 Å². The molecule has 0 aliphatic carbocycles. The molecule has 0 spiro atoms. The SMILES string of the molecule is CCCCCCC(O)Cc1nc(C)c(-c2ccccc2)o1. The lowest BCUT2D eigenvalue weighted by molar-refractivity contribution is 0.152. The van der Waals surface area contributed by atoms with E-state index >= 15 is 0 Å². The average molecular weight is 287 g/mol.